The summed E-state index contributed by atoms with van der Waals surface area (Å²) in [7, 11) is -0.774. The van der Waals surface area contributed by atoms with Crippen molar-refractivity contribution >= 4 is 16.2 Å². The van der Waals surface area contributed by atoms with Crippen molar-refractivity contribution in [3.8, 4) is 0 Å². The Kier molecular flexibility index (Phi) is 4.71. The fourth-order valence-corrected chi connectivity index (χ4v) is 5.35. The lowest BCUT2D eigenvalue weighted by Crippen LogP contribution is -2.33. The zero-order valence-electron chi connectivity index (χ0n) is 17.2. The van der Waals surface area contributed by atoms with Crippen molar-refractivity contribution in [2.24, 2.45) is 11.8 Å². The number of cyclic esters (lactones) is 1. The number of ether oxygens (including phenoxy) is 1. The van der Waals surface area contributed by atoms with Crippen LogP contribution < -0.4 is 0 Å². The molecule has 31 heavy (non-hydrogen) atoms. The first-order valence-electron chi connectivity index (χ1n) is 10.1. The summed E-state index contributed by atoms with van der Waals surface area (Å²) in [5.74, 6) is -1.10. The van der Waals surface area contributed by atoms with Crippen LogP contribution in [0.25, 0.3) is 0 Å². The van der Waals surface area contributed by atoms with Crippen LogP contribution in [-0.2, 0) is 32.7 Å². The number of fused-ring (bicyclic) bond motifs is 2. The van der Waals surface area contributed by atoms with Gasteiger partial charge >= 0.3 is 16.2 Å². The zero-order chi connectivity index (χ0) is 21.8. The number of hydrogen-bond acceptors (Lipinski definition) is 6. The third-order valence-electron chi connectivity index (χ3n) is 6.11. The number of rotatable bonds is 5. The van der Waals surface area contributed by atoms with Crippen LogP contribution in [0.15, 0.2) is 49.2 Å². The van der Waals surface area contributed by atoms with Gasteiger partial charge in [0.05, 0.1) is 41.9 Å². The standard InChI is InChI=1S/C21H23N5O4S/c1-24(2)31(28,29)26-10-17(23-13-26)19-18-15(11-30-21(18)27)8-16-20(19)25(12-22-16)9-14-6-4-3-5-7-14/h3-7,10,12-13,15,18-19H,8-9,11H2,1-2H3/t15-,18-,19+/m1/s1. The molecule has 1 aromatic carbocycles. The molecule has 1 fully saturated rings. The van der Waals surface area contributed by atoms with E-state index < -0.39 is 22.0 Å². The van der Waals surface area contributed by atoms with Gasteiger partial charge in [-0.25, -0.2) is 13.9 Å². The molecule has 3 heterocycles. The molecule has 2 aromatic heterocycles. The number of imidazole rings is 2. The molecule has 0 spiro atoms. The van der Waals surface area contributed by atoms with Gasteiger partial charge in [-0.3, -0.25) is 4.79 Å². The lowest BCUT2D eigenvalue weighted by molar-refractivity contribution is -0.141. The highest BCUT2D eigenvalue weighted by molar-refractivity contribution is 7.87. The van der Waals surface area contributed by atoms with Crippen LogP contribution in [0.4, 0.5) is 0 Å². The first-order valence-corrected chi connectivity index (χ1v) is 11.5. The molecule has 0 saturated carbocycles. The second kappa shape index (κ2) is 7.31. The average Bonchev–Trinajstić information content (AvgIpc) is 3.47. The Labute approximate surface area is 180 Å². The largest absolute Gasteiger partial charge is 0.465 e. The van der Waals surface area contributed by atoms with Crippen molar-refractivity contribution in [1.29, 1.82) is 0 Å². The molecular weight excluding hydrogens is 418 g/mol. The molecule has 1 aliphatic heterocycles. The van der Waals surface area contributed by atoms with Crippen molar-refractivity contribution in [2.75, 3.05) is 20.7 Å². The monoisotopic (exact) mass is 441 g/mol. The van der Waals surface area contributed by atoms with Crippen molar-refractivity contribution in [3.63, 3.8) is 0 Å². The lowest BCUT2D eigenvalue weighted by Gasteiger charge is -2.30. The van der Waals surface area contributed by atoms with Gasteiger partial charge in [-0.15, -0.1) is 0 Å². The predicted octanol–water partition coefficient (Wildman–Crippen LogP) is 1.26. The lowest BCUT2D eigenvalue weighted by atomic mass is 9.72. The van der Waals surface area contributed by atoms with E-state index in [1.54, 1.807) is 6.33 Å². The fraction of sp³-hybridized carbons (Fsp3) is 0.381. The number of carbonyl (C=O) groups excluding carboxylic acids is 1. The minimum absolute atomic E-state index is 0.000631. The van der Waals surface area contributed by atoms with E-state index in [9.17, 15) is 13.2 Å². The molecule has 2 aliphatic rings. The smallest absolute Gasteiger partial charge is 0.310 e. The molecule has 9 nitrogen and oxygen atoms in total. The van der Waals surface area contributed by atoms with Crippen LogP contribution in [0.5, 0.6) is 0 Å². The van der Waals surface area contributed by atoms with Crippen molar-refractivity contribution in [1.82, 2.24) is 22.8 Å². The summed E-state index contributed by atoms with van der Waals surface area (Å²) in [6.07, 6.45) is 5.23. The number of hydrogen-bond donors (Lipinski definition) is 0. The topological polar surface area (TPSA) is 99.3 Å². The van der Waals surface area contributed by atoms with Gasteiger partial charge in [0.25, 0.3) is 0 Å². The zero-order valence-corrected chi connectivity index (χ0v) is 18.1. The molecule has 3 aromatic rings. The normalized spacial score (nSPS) is 22.9. The molecular formula is C21H23N5O4S. The molecule has 3 atom stereocenters. The second-order valence-corrected chi connectivity index (χ2v) is 10.3. The minimum atomic E-state index is -3.70. The number of aromatic nitrogens is 4. The summed E-state index contributed by atoms with van der Waals surface area (Å²) in [6, 6.07) is 10.00. The predicted molar refractivity (Wildman–Crippen MR) is 111 cm³/mol. The van der Waals surface area contributed by atoms with Gasteiger partial charge in [-0.05, 0) is 12.0 Å². The molecule has 5 rings (SSSR count). The SMILES string of the molecule is CN(C)S(=O)(=O)n1cnc([C@@H]2c3c(ncn3Cc3ccccc3)C[C@@H]3COC(=O)[C@H]32)c1. The minimum Gasteiger partial charge on any atom is -0.465 e. The van der Waals surface area contributed by atoms with Crippen molar-refractivity contribution in [2.45, 2.75) is 18.9 Å². The van der Waals surface area contributed by atoms with Gasteiger partial charge in [-0.1, -0.05) is 30.3 Å². The van der Waals surface area contributed by atoms with Gasteiger partial charge in [0.2, 0.25) is 0 Å². The highest BCUT2D eigenvalue weighted by Gasteiger charge is 2.50. The van der Waals surface area contributed by atoms with Crippen LogP contribution in [-0.4, -0.2) is 57.9 Å². The molecule has 10 heteroatoms. The van der Waals surface area contributed by atoms with Crippen LogP contribution in [0, 0.1) is 11.8 Å². The maximum absolute atomic E-state index is 12.7. The van der Waals surface area contributed by atoms with E-state index in [4.69, 9.17) is 4.74 Å². The third-order valence-corrected chi connectivity index (χ3v) is 7.76. The van der Waals surface area contributed by atoms with Crippen molar-refractivity contribution in [3.05, 3.63) is 71.8 Å². The van der Waals surface area contributed by atoms with Gasteiger partial charge in [-0.2, -0.15) is 12.7 Å². The maximum atomic E-state index is 12.7. The van der Waals surface area contributed by atoms with Crippen LogP contribution in [0.2, 0.25) is 0 Å². The Morgan fingerprint density at radius 2 is 1.94 bits per heavy atom. The van der Waals surface area contributed by atoms with Gasteiger partial charge in [0.15, 0.2) is 0 Å². The summed E-state index contributed by atoms with van der Waals surface area (Å²) in [4.78, 5) is 21.7. The molecule has 0 bridgehead atoms. The third kappa shape index (κ3) is 3.26. The summed E-state index contributed by atoms with van der Waals surface area (Å²) in [5, 5.41) is 0. The van der Waals surface area contributed by atoms with Gasteiger partial charge < -0.3 is 9.30 Å². The molecule has 162 valence electrons. The Bertz CT molecular complexity index is 1230. The molecule has 1 saturated heterocycles. The molecule has 0 N–H and O–H groups in total. The van der Waals surface area contributed by atoms with E-state index in [0.29, 0.717) is 25.3 Å². The molecule has 0 amide bonds. The summed E-state index contributed by atoms with van der Waals surface area (Å²) >= 11 is 0. The molecule has 1 aliphatic carbocycles. The van der Waals surface area contributed by atoms with Gasteiger partial charge in [0.1, 0.15) is 6.33 Å². The quantitative estimate of drug-likeness (QED) is 0.553. The van der Waals surface area contributed by atoms with E-state index in [2.05, 4.69) is 9.97 Å². The Morgan fingerprint density at radius 1 is 1.16 bits per heavy atom. The number of benzene rings is 1. The van der Waals surface area contributed by atoms with Crippen molar-refractivity contribution < 1.29 is 17.9 Å². The summed E-state index contributed by atoms with van der Waals surface area (Å²) in [6.45, 7) is 0.949. The molecule has 0 unspecified atom stereocenters. The Balaban J connectivity index is 1.62. The fourth-order valence-electron chi connectivity index (χ4n) is 4.57. The highest BCUT2D eigenvalue weighted by atomic mass is 32.2. The van der Waals surface area contributed by atoms with E-state index in [0.717, 1.165) is 25.2 Å². The Morgan fingerprint density at radius 3 is 2.68 bits per heavy atom. The van der Waals surface area contributed by atoms with Gasteiger partial charge in [0, 0.05) is 32.8 Å². The Hall–Kier alpha value is -2.98. The maximum Gasteiger partial charge on any atom is 0.310 e. The van der Waals surface area contributed by atoms with Crippen LogP contribution in [0.1, 0.15) is 28.6 Å². The first-order chi connectivity index (χ1) is 14.9. The molecule has 0 radical (unpaired) electrons. The summed E-state index contributed by atoms with van der Waals surface area (Å²) < 4.78 is 34.8. The number of esters is 1. The average molecular weight is 442 g/mol. The number of carbonyl (C=O) groups is 1. The van der Waals surface area contributed by atoms with E-state index in [1.807, 2.05) is 34.9 Å². The summed E-state index contributed by atoms with van der Waals surface area (Å²) in [5.41, 5.74) is 3.44. The second-order valence-electron chi connectivity index (χ2n) is 8.21. The number of nitrogens with zero attached hydrogens (tertiary/aromatic N) is 5. The first kappa shape index (κ1) is 20.0. The van der Waals surface area contributed by atoms with Crippen LogP contribution in [0.3, 0.4) is 0 Å². The van der Waals surface area contributed by atoms with Crippen LogP contribution >= 0.6 is 0 Å². The van der Waals surface area contributed by atoms with E-state index >= 15 is 0 Å². The van der Waals surface area contributed by atoms with E-state index in [-0.39, 0.29) is 11.9 Å². The van der Waals surface area contributed by atoms with E-state index in [1.165, 1.54) is 26.6 Å². The highest BCUT2D eigenvalue weighted by Crippen LogP contribution is 2.46.